The number of hydrogen-bond acceptors (Lipinski definition) is 1. The summed E-state index contributed by atoms with van der Waals surface area (Å²) < 4.78 is 11.5. The topological polar surface area (TPSA) is 23.0 Å². The van der Waals surface area contributed by atoms with Gasteiger partial charge in [0.05, 0.1) is 22.1 Å². The zero-order valence-corrected chi connectivity index (χ0v) is 27.6. The SMILES string of the molecule is c1ccc(-c2ccc(-n3c4ccccc4c4c5c6ccccc6n(-c6ccc7c(c6)oc6c(-c8ccccc8)cccc67)c5ccc43)cc2)cc1. The Morgan fingerprint density at radius 2 is 0.863 bits per heavy atom. The molecule has 51 heavy (non-hydrogen) atoms. The highest BCUT2D eigenvalue weighted by molar-refractivity contribution is 6.29. The molecule has 0 amide bonds. The van der Waals surface area contributed by atoms with Crippen molar-refractivity contribution in [3.63, 3.8) is 0 Å². The van der Waals surface area contributed by atoms with Gasteiger partial charge < -0.3 is 13.6 Å². The van der Waals surface area contributed by atoms with Crippen molar-refractivity contribution in [3.8, 4) is 33.6 Å². The minimum Gasteiger partial charge on any atom is -0.455 e. The zero-order chi connectivity index (χ0) is 33.5. The van der Waals surface area contributed by atoms with Crippen LogP contribution in [0.2, 0.25) is 0 Å². The maximum absolute atomic E-state index is 6.70. The molecular weight excluding hydrogens is 621 g/mol. The molecule has 0 bridgehead atoms. The summed E-state index contributed by atoms with van der Waals surface area (Å²) in [7, 11) is 0. The van der Waals surface area contributed by atoms with E-state index in [0.29, 0.717) is 0 Å². The quantitative estimate of drug-likeness (QED) is 0.186. The molecule has 8 aromatic carbocycles. The van der Waals surface area contributed by atoms with Gasteiger partial charge in [-0.25, -0.2) is 0 Å². The van der Waals surface area contributed by atoms with Crippen molar-refractivity contribution >= 4 is 65.6 Å². The van der Waals surface area contributed by atoms with E-state index in [-0.39, 0.29) is 0 Å². The second-order valence-corrected chi connectivity index (χ2v) is 13.3. The molecule has 0 radical (unpaired) electrons. The van der Waals surface area contributed by atoms with Crippen LogP contribution in [0.3, 0.4) is 0 Å². The van der Waals surface area contributed by atoms with E-state index in [0.717, 1.165) is 44.4 Å². The Morgan fingerprint density at radius 3 is 1.53 bits per heavy atom. The number of hydrogen-bond donors (Lipinski definition) is 0. The highest BCUT2D eigenvalue weighted by Crippen LogP contribution is 2.43. The van der Waals surface area contributed by atoms with E-state index >= 15 is 0 Å². The Balaban J connectivity index is 1.15. The molecule has 0 aliphatic carbocycles. The molecule has 3 nitrogen and oxygen atoms in total. The van der Waals surface area contributed by atoms with Crippen LogP contribution in [0.4, 0.5) is 0 Å². The van der Waals surface area contributed by atoms with Gasteiger partial charge in [0.1, 0.15) is 11.2 Å². The summed E-state index contributed by atoms with van der Waals surface area (Å²) in [6, 6.07) is 65.3. The average Bonchev–Trinajstić information content (AvgIpc) is 3.86. The van der Waals surface area contributed by atoms with Gasteiger partial charge in [0.25, 0.3) is 0 Å². The highest BCUT2D eigenvalue weighted by Gasteiger charge is 2.21. The van der Waals surface area contributed by atoms with E-state index in [2.05, 4.69) is 191 Å². The lowest BCUT2D eigenvalue weighted by atomic mass is 10.0. The van der Waals surface area contributed by atoms with Gasteiger partial charge in [-0.1, -0.05) is 127 Å². The predicted molar refractivity (Wildman–Crippen MR) is 213 cm³/mol. The minimum absolute atomic E-state index is 0.883. The fraction of sp³-hybridized carbons (Fsp3) is 0. The molecule has 3 aromatic heterocycles. The minimum atomic E-state index is 0.883. The molecule has 11 aromatic rings. The largest absolute Gasteiger partial charge is 0.455 e. The molecule has 3 heterocycles. The lowest BCUT2D eigenvalue weighted by molar-refractivity contribution is 0.669. The number of fused-ring (bicyclic) bond motifs is 10. The van der Waals surface area contributed by atoms with E-state index in [4.69, 9.17) is 4.42 Å². The Bertz CT molecular complexity index is 3110. The van der Waals surface area contributed by atoms with Crippen molar-refractivity contribution < 1.29 is 4.42 Å². The first-order chi connectivity index (χ1) is 25.3. The number of rotatable bonds is 4. The smallest absolute Gasteiger partial charge is 0.143 e. The Morgan fingerprint density at radius 1 is 0.333 bits per heavy atom. The van der Waals surface area contributed by atoms with Gasteiger partial charge in [0, 0.05) is 55.3 Å². The van der Waals surface area contributed by atoms with Crippen LogP contribution in [-0.2, 0) is 0 Å². The van der Waals surface area contributed by atoms with Crippen molar-refractivity contribution in [3.05, 3.63) is 182 Å². The third-order valence-electron chi connectivity index (χ3n) is 10.5. The molecule has 0 aliphatic heterocycles. The summed E-state index contributed by atoms with van der Waals surface area (Å²) in [6.07, 6.45) is 0. The summed E-state index contributed by atoms with van der Waals surface area (Å²) in [4.78, 5) is 0. The molecule has 11 rings (SSSR count). The van der Waals surface area contributed by atoms with E-state index in [9.17, 15) is 0 Å². The molecule has 238 valence electrons. The standard InChI is InChI=1S/C48H30N2O/c1-3-12-31(13-4-1)32-22-24-34(25-23-32)49-41-20-9-7-16-39(41)46-43(49)28-29-44-47(46)40-17-8-10-21-42(40)50(44)35-26-27-37-38-19-11-18-36(33-14-5-2-6-15-33)48(38)51-45(37)30-35/h1-30H. The van der Waals surface area contributed by atoms with Gasteiger partial charge >= 0.3 is 0 Å². The molecule has 0 saturated carbocycles. The lowest BCUT2D eigenvalue weighted by Gasteiger charge is -2.10. The Kier molecular flexibility index (Phi) is 5.96. The summed E-state index contributed by atoms with van der Waals surface area (Å²) in [5.41, 5.74) is 13.5. The molecule has 0 saturated heterocycles. The van der Waals surface area contributed by atoms with Crippen LogP contribution in [0, 0.1) is 0 Å². The van der Waals surface area contributed by atoms with E-state index in [1.807, 2.05) is 0 Å². The third kappa shape index (κ3) is 4.12. The fourth-order valence-corrected chi connectivity index (χ4v) is 8.28. The maximum Gasteiger partial charge on any atom is 0.143 e. The van der Waals surface area contributed by atoms with Crippen molar-refractivity contribution in [2.45, 2.75) is 0 Å². The third-order valence-corrected chi connectivity index (χ3v) is 10.5. The average molecular weight is 651 g/mol. The molecule has 3 heteroatoms. The first-order valence-corrected chi connectivity index (χ1v) is 17.4. The molecule has 0 fully saturated rings. The van der Waals surface area contributed by atoms with Gasteiger partial charge in [0.2, 0.25) is 0 Å². The predicted octanol–water partition coefficient (Wildman–Crippen LogP) is 13.1. The molecule has 0 aliphatic rings. The van der Waals surface area contributed by atoms with Gasteiger partial charge in [-0.2, -0.15) is 0 Å². The van der Waals surface area contributed by atoms with Crippen LogP contribution in [0.1, 0.15) is 0 Å². The van der Waals surface area contributed by atoms with Crippen LogP contribution >= 0.6 is 0 Å². The molecule has 0 N–H and O–H groups in total. The Hall–Kier alpha value is -6.84. The lowest BCUT2D eigenvalue weighted by Crippen LogP contribution is -1.95. The summed E-state index contributed by atoms with van der Waals surface area (Å²) >= 11 is 0. The van der Waals surface area contributed by atoms with E-state index < -0.39 is 0 Å². The molecule has 0 atom stereocenters. The van der Waals surface area contributed by atoms with Gasteiger partial charge in [0.15, 0.2) is 0 Å². The van der Waals surface area contributed by atoms with Crippen LogP contribution in [0.25, 0.3) is 99.2 Å². The number of para-hydroxylation sites is 3. The summed E-state index contributed by atoms with van der Waals surface area (Å²) in [5.74, 6) is 0. The van der Waals surface area contributed by atoms with Gasteiger partial charge in [-0.15, -0.1) is 0 Å². The first-order valence-electron chi connectivity index (χ1n) is 17.4. The first kappa shape index (κ1) is 28.0. The number of benzene rings is 8. The number of nitrogens with zero attached hydrogens (tertiary/aromatic N) is 2. The molecule has 0 unspecified atom stereocenters. The van der Waals surface area contributed by atoms with E-state index in [1.165, 1.54) is 54.7 Å². The molecule has 0 spiro atoms. The highest BCUT2D eigenvalue weighted by atomic mass is 16.3. The van der Waals surface area contributed by atoms with Crippen molar-refractivity contribution in [1.29, 1.82) is 0 Å². The van der Waals surface area contributed by atoms with Gasteiger partial charge in [-0.3, -0.25) is 0 Å². The fourth-order valence-electron chi connectivity index (χ4n) is 8.28. The van der Waals surface area contributed by atoms with Crippen LogP contribution in [0.15, 0.2) is 186 Å². The number of aromatic nitrogens is 2. The van der Waals surface area contributed by atoms with Gasteiger partial charge in [-0.05, 0) is 65.2 Å². The number of furan rings is 1. The van der Waals surface area contributed by atoms with Crippen LogP contribution in [-0.4, -0.2) is 9.13 Å². The van der Waals surface area contributed by atoms with Crippen molar-refractivity contribution in [2.75, 3.05) is 0 Å². The van der Waals surface area contributed by atoms with Crippen LogP contribution < -0.4 is 0 Å². The maximum atomic E-state index is 6.70. The molecular formula is C48H30N2O. The second kappa shape index (κ2) is 10.8. The Labute approximate surface area is 293 Å². The normalized spacial score (nSPS) is 11.9. The van der Waals surface area contributed by atoms with Crippen molar-refractivity contribution in [1.82, 2.24) is 9.13 Å². The van der Waals surface area contributed by atoms with Crippen LogP contribution in [0.5, 0.6) is 0 Å². The summed E-state index contributed by atoms with van der Waals surface area (Å²) in [5, 5.41) is 7.26. The monoisotopic (exact) mass is 650 g/mol. The van der Waals surface area contributed by atoms with Crippen molar-refractivity contribution in [2.24, 2.45) is 0 Å². The second-order valence-electron chi connectivity index (χ2n) is 13.3. The van der Waals surface area contributed by atoms with E-state index in [1.54, 1.807) is 0 Å². The zero-order valence-electron chi connectivity index (χ0n) is 27.6. The summed E-state index contributed by atoms with van der Waals surface area (Å²) in [6.45, 7) is 0.